The van der Waals surface area contributed by atoms with Gasteiger partial charge in [0.15, 0.2) is 0 Å². The topological polar surface area (TPSA) is 32.3 Å². The molecule has 0 fully saturated rings. The lowest BCUT2D eigenvalue weighted by molar-refractivity contribution is 0.281. The minimum atomic E-state index is -0.236. The van der Waals surface area contributed by atoms with E-state index in [4.69, 9.17) is 5.11 Å². The molecule has 1 unspecified atom stereocenters. The number of halogens is 1. The predicted molar refractivity (Wildman–Crippen MR) is 51.3 cm³/mol. The van der Waals surface area contributed by atoms with Gasteiger partial charge in [-0.3, -0.25) is 0 Å². The van der Waals surface area contributed by atoms with Gasteiger partial charge in [-0.1, -0.05) is 0 Å². The summed E-state index contributed by atoms with van der Waals surface area (Å²) in [6, 6.07) is 4.53. The molecule has 0 aliphatic heterocycles. The summed E-state index contributed by atoms with van der Waals surface area (Å²) < 4.78 is 12.7. The zero-order chi connectivity index (χ0) is 9.84. The van der Waals surface area contributed by atoms with Gasteiger partial charge in [-0.05, 0) is 37.6 Å². The van der Waals surface area contributed by atoms with Gasteiger partial charge in [0.1, 0.15) is 5.82 Å². The van der Waals surface area contributed by atoms with Crippen molar-refractivity contribution < 1.29 is 9.50 Å². The van der Waals surface area contributed by atoms with E-state index >= 15 is 0 Å². The van der Waals surface area contributed by atoms with Crippen molar-refractivity contribution in [3.63, 3.8) is 0 Å². The molecule has 72 valence electrons. The number of hydrogen-bond acceptors (Lipinski definition) is 2. The van der Waals surface area contributed by atoms with E-state index in [0.717, 1.165) is 11.3 Å². The van der Waals surface area contributed by atoms with Gasteiger partial charge in [0.05, 0.1) is 6.61 Å². The summed E-state index contributed by atoms with van der Waals surface area (Å²) in [5, 5.41) is 11.9. The first-order chi connectivity index (χ1) is 6.13. The first-order valence-electron chi connectivity index (χ1n) is 4.27. The highest BCUT2D eigenvalue weighted by Crippen LogP contribution is 2.16. The van der Waals surface area contributed by atoms with Gasteiger partial charge in [-0.25, -0.2) is 4.39 Å². The third kappa shape index (κ3) is 2.70. The van der Waals surface area contributed by atoms with Crippen LogP contribution in [-0.4, -0.2) is 17.8 Å². The van der Waals surface area contributed by atoms with E-state index in [9.17, 15) is 4.39 Å². The van der Waals surface area contributed by atoms with Crippen LogP contribution in [0.2, 0.25) is 0 Å². The number of rotatable bonds is 3. The van der Waals surface area contributed by atoms with Crippen LogP contribution in [0.1, 0.15) is 12.5 Å². The van der Waals surface area contributed by atoms with Crippen molar-refractivity contribution in [2.45, 2.75) is 19.9 Å². The summed E-state index contributed by atoms with van der Waals surface area (Å²) in [6.45, 7) is 3.76. The van der Waals surface area contributed by atoms with Crippen LogP contribution in [0.15, 0.2) is 18.2 Å². The summed E-state index contributed by atoms with van der Waals surface area (Å²) in [4.78, 5) is 0. The van der Waals surface area contributed by atoms with Crippen molar-refractivity contribution in [2.75, 3.05) is 11.9 Å². The highest BCUT2D eigenvalue weighted by Gasteiger charge is 2.02. The van der Waals surface area contributed by atoms with Gasteiger partial charge in [0.2, 0.25) is 0 Å². The number of aliphatic hydroxyl groups is 1. The standard InChI is InChI=1S/C10H14FNO/c1-7-5-9(11)3-4-10(7)12-8(2)6-13/h3-5,8,12-13H,6H2,1-2H3. The number of benzene rings is 1. The highest BCUT2D eigenvalue weighted by atomic mass is 19.1. The molecule has 0 amide bonds. The van der Waals surface area contributed by atoms with E-state index in [1.807, 2.05) is 13.8 Å². The fourth-order valence-corrected chi connectivity index (χ4v) is 1.10. The number of aliphatic hydroxyl groups excluding tert-OH is 1. The summed E-state index contributed by atoms with van der Waals surface area (Å²) >= 11 is 0. The van der Waals surface area contributed by atoms with Crippen molar-refractivity contribution in [1.29, 1.82) is 0 Å². The van der Waals surface area contributed by atoms with Crippen LogP contribution in [0.25, 0.3) is 0 Å². The molecule has 1 atom stereocenters. The zero-order valence-electron chi connectivity index (χ0n) is 7.84. The zero-order valence-corrected chi connectivity index (χ0v) is 7.84. The molecule has 0 bridgehead atoms. The van der Waals surface area contributed by atoms with Crippen LogP contribution >= 0.6 is 0 Å². The molecule has 2 N–H and O–H groups in total. The lowest BCUT2D eigenvalue weighted by Crippen LogP contribution is -2.19. The van der Waals surface area contributed by atoms with E-state index in [1.165, 1.54) is 12.1 Å². The van der Waals surface area contributed by atoms with Crippen LogP contribution in [0.4, 0.5) is 10.1 Å². The first-order valence-corrected chi connectivity index (χ1v) is 4.27. The Kier molecular flexibility index (Phi) is 3.25. The second-order valence-electron chi connectivity index (χ2n) is 3.19. The first kappa shape index (κ1) is 9.99. The number of anilines is 1. The maximum Gasteiger partial charge on any atom is 0.123 e. The molecule has 0 heterocycles. The Hall–Kier alpha value is -1.09. The van der Waals surface area contributed by atoms with Crippen molar-refractivity contribution in [3.05, 3.63) is 29.6 Å². The Morgan fingerprint density at radius 3 is 2.77 bits per heavy atom. The molecule has 0 aliphatic carbocycles. The lowest BCUT2D eigenvalue weighted by Gasteiger charge is -2.14. The van der Waals surface area contributed by atoms with Crippen molar-refractivity contribution in [2.24, 2.45) is 0 Å². The highest BCUT2D eigenvalue weighted by molar-refractivity contribution is 5.51. The van der Waals surface area contributed by atoms with E-state index in [1.54, 1.807) is 6.07 Å². The second kappa shape index (κ2) is 4.23. The fraction of sp³-hybridized carbons (Fsp3) is 0.400. The normalized spacial score (nSPS) is 12.6. The fourth-order valence-electron chi connectivity index (χ4n) is 1.10. The van der Waals surface area contributed by atoms with Crippen molar-refractivity contribution >= 4 is 5.69 Å². The molecule has 0 radical (unpaired) electrons. The van der Waals surface area contributed by atoms with Gasteiger partial charge >= 0.3 is 0 Å². The van der Waals surface area contributed by atoms with Crippen molar-refractivity contribution in [1.82, 2.24) is 0 Å². The van der Waals surface area contributed by atoms with Gasteiger partial charge < -0.3 is 10.4 Å². The smallest absolute Gasteiger partial charge is 0.123 e. The van der Waals surface area contributed by atoms with Gasteiger partial charge in [0, 0.05) is 11.7 Å². The Balaban J connectivity index is 2.77. The molecule has 0 spiro atoms. The SMILES string of the molecule is Cc1cc(F)ccc1NC(C)CO. The van der Waals surface area contributed by atoms with Gasteiger partial charge in [-0.2, -0.15) is 0 Å². The molecule has 2 nitrogen and oxygen atoms in total. The Morgan fingerprint density at radius 1 is 1.54 bits per heavy atom. The molecule has 13 heavy (non-hydrogen) atoms. The number of nitrogens with one attached hydrogen (secondary N) is 1. The molecule has 1 aromatic carbocycles. The van der Waals surface area contributed by atoms with Gasteiger partial charge in [0.25, 0.3) is 0 Å². The third-order valence-corrected chi connectivity index (χ3v) is 1.86. The molecule has 0 aliphatic rings. The largest absolute Gasteiger partial charge is 0.394 e. The van der Waals surface area contributed by atoms with E-state index in [-0.39, 0.29) is 18.5 Å². The molecule has 0 aromatic heterocycles. The maximum atomic E-state index is 12.7. The van der Waals surface area contributed by atoms with Crippen LogP contribution in [-0.2, 0) is 0 Å². The number of aryl methyl sites for hydroxylation is 1. The second-order valence-corrected chi connectivity index (χ2v) is 3.19. The van der Waals surface area contributed by atoms with Crippen LogP contribution in [0.3, 0.4) is 0 Å². The number of hydrogen-bond donors (Lipinski definition) is 2. The summed E-state index contributed by atoms with van der Waals surface area (Å²) in [5.41, 5.74) is 1.71. The average Bonchev–Trinajstić information content (AvgIpc) is 2.09. The molecule has 1 rings (SSSR count). The Bertz CT molecular complexity index is 288. The van der Waals surface area contributed by atoms with Gasteiger partial charge in [-0.15, -0.1) is 0 Å². The van der Waals surface area contributed by atoms with Crippen LogP contribution < -0.4 is 5.32 Å². The molecular weight excluding hydrogens is 169 g/mol. The molecule has 0 saturated heterocycles. The quantitative estimate of drug-likeness (QED) is 0.750. The van der Waals surface area contributed by atoms with E-state index in [2.05, 4.69) is 5.32 Å². The van der Waals surface area contributed by atoms with Crippen molar-refractivity contribution in [3.8, 4) is 0 Å². The molecule has 1 aromatic rings. The Labute approximate surface area is 77.4 Å². The maximum absolute atomic E-state index is 12.7. The monoisotopic (exact) mass is 183 g/mol. The third-order valence-electron chi connectivity index (χ3n) is 1.86. The molecular formula is C10H14FNO. The summed E-state index contributed by atoms with van der Waals surface area (Å²) in [5.74, 6) is -0.236. The Morgan fingerprint density at radius 2 is 2.23 bits per heavy atom. The van der Waals surface area contributed by atoms with E-state index < -0.39 is 0 Å². The lowest BCUT2D eigenvalue weighted by atomic mass is 10.2. The predicted octanol–water partition coefficient (Wildman–Crippen LogP) is 1.93. The van der Waals surface area contributed by atoms with E-state index in [0.29, 0.717) is 0 Å². The minimum Gasteiger partial charge on any atom is -0.394 e. The average molecular weight is 183 g/mol. The van der Waals surface area contributed by atoms with Crippen LogP contribution in [0.5, 0.6) is 0 Å². The molecule has 0 saturated carbocycles. The molecule has 3 heteroatoms. The summed E-state index contributed by atoms with van der Waals surface area (Å²) in [6.07, 6.45) is 0. The summed E-state index contributed by atoms with van der Waals surface area (Å²) in [7, 11) is 0. The van der Waals surface area contributed by atoms with Crippen LogP contribution in [0, 0.1) is 12.7 Å². The minimum absolute atomic E-state index is 0.0100.